The second-order valence-corrected chi connectivity index (χ2v) is 7.75. The van der Waals surface area contributed by atoms with E-state index in [1.165, 1.54) is 6.20 Å². The van der Waals surface area contributed by atoms with Crippen LogP contribution in [0.4, 0.5) is 0 Å². The molecule has 0 aliphatic carbocycles. The molecule has 0 fully saturated rings. The molecule has 1 heterocycles. The fourth-order valence-corrected chi connectivity index (χ4v) is 3.93. The fraction of sp³-hybridized carbons (Fsp3) is 0.0500. The molecule has 0 aliphatic rings. The lowest BCUT2D eigenvalue weighted by Gasteiger charge is -2.12. The standard InChI is InChI=1S/C20H14Br2ClN3O2/c21-16-8-13(10-25-26-20(27)14-5-3-7-24-11-14)9-17(22)19(16)28-12-15-4-1-2-6-18(15)23/h1-11H,12H2,(H,26,27)/b25-10+. The molecule has 3 rings (SSSR count). The molecular formula is C20H14Br2ClN3O2. The molecular weight excluding hydrogens is 510 g/mol. The quantitative estimate of drug-likeness (QED) is 0.338. The summed E-state index contributed by atoms with van der Waals surface area (Å²) in [6, 6.07) is 14.6. The van der Waals surface area contributed by atoms with Gasteiger partial charge in [-0.25, -0.2) is 5.43 Å². The number of nitrogens with zero attached hydrogens (tertiary/aromatic N) is 2. The van der Waals surface area contributed by atoms with Gasteiger partial charge in [-0.3, -0.25) is 9.78 Å². The Morgan fingerprint density at radius 1 is 1.18 bits per heavy atom. The Bertz CT molecular complexity index is 990. The third kappa shape index (κ3) is 5.41. The molecule has 1 N–H and O–H groups in total. The molecule has 142 valence electrons. The highest BCUT2D eigenvalue weighted by atomic mass is 79.9. The number of amides is 1. The van der Waals surface area contributed by atoms with Gasteiger partial charge in [-0.1, -0.05) is 29.8 Å². The predicted octanol–water partition coefficient (Wildman–Crippen LogP) is 5.60. The lowest BCUT2D eigenvalue weighted by molar-refractivity contribution is 0.0955. The van der Waals surface area contributed by atoms with E-state index in [1.807, 2.05) is 36.4 Å². The van der Waals surface area contributed by atoms with Gasteiger partial charge in [-0.15, -0.1) is 0 Å². The zero-order chi connectivity index (χ0) is 19.9. The first-order valence-corrected chi connectivity index (χ1v) is 10.1. The molecule has 3 aromatic rings. The van der Waals surface area contributed by atoms with Crippen LogP contribution >= 0.6 is 43.5 Å². The molecule has 1 amide bonds. The van der Waals surface area contributed by atoms with E-state index in [9.17, 15) is 4.79 Å². The molecule has 1 aromatic heterocycles. The van der Waals surface area contributed by atoms with Crippen LogP contribution in [-0.2, 0) is 6.61 Å². The average Bonchev–Trinajstić information content (AvgIpc) is 2.69. The predicted molar refractivity (Wildman–Crippen MR) is 117 cm³/mol. The monoisotopic (exact) mass is 521 g/mol. The fourth-order valence-electron chi connectivity index (χ4n) is 2.28. The van der Waals surface area contributed by atoms with Crippen LogP contribution in [0.2, 0.25) is 5.02 Å². The van der Waals surface area contributed by atoms with E-state index >= 15 is 0 Å². The summed E-state index contributed by atoms with van der Waals surface area (Å²) in [4.78, 5) is 15.9. The van der Waals surface area contributed by atoms with Crippen LogP contribution in [0.1, 0.15) is 21.5 Å². The minimum atomic E-state index is -0.331. The molecule has 2 aromatic carbocycles. The molecule has 0 saturated carbocycles. The van der Waals surface area contributed by atoms with E-state index in [-0.39, 0.29) is 5.91 Å². The molecule has 8 heteroatoms. The Kier molecular flexibility index (Phi) is 7.19. The number of hydrogen-bond donors (Lipinski definition) is 1. The Morgan fingerprint density at radius 3 is 2.61 bits per heavy atom. The number of hydrazone groups is 1. The number of benzene rings is 2. The minimum absolute atomic E-state index is 0.331. The number of ether oxygens (including phenoxy) is 1. The summed E-state index contributed by atoms with van der Waals surface area (Å²) in [5, 5.41) is 4.64. The Morgan fingerprint density at radius 2 is 1.93 bits per heavy atom. The highest BCUT2D eigenvalue weighted by Gasteiger charge is 2.10. The molecule has 0 spiro atoms. The summed E-state index contributed by atoms with van der Waals surface area (Å²) in [5.74, 6) is 0.318. The van der Waals surface area contributed by atoms with E-state index in [4.69, 9.17) is 16.3 Å². The van der Waals surface area contributed by atoms with Crippen LogP contribution in [0.5, 0.6) is 5.75 Å². The number of pyridine rings is 1. The first-order chi connectivity index (χ1) is 13.5. The van der Waals surface area contributed by atoms with E-state index in [0.29, 0.717) is 22.9 Å². The van der Waals surface area contributed by atoms with E-state index in [2.05, 4.69) is 47.4 Å². The van der Waals surface area contributed by atoms with Crippen molar-refractivity contribution in [3.8, 4) is 5.75 Å². The molecule has 28 heavy (non-hydrogen) atoms. The maximum absolute atomic E-state index is 12.0. The van der Waals surface area contributed by atoms with Gasteiger partial charge in [-0.2, -0.15) is 5.10 Å². The normalized spacial score (nSPS) is 10.8. The number of halogens is 3. The number of nitrogens with one attached hydrogen (secondary N) is 1. The number of carbonyl (C=O) groups is 1. The van der Waals surface area contributed by atoms with Gasteiger partial charge in [0.1, 0.15) is 12.4 Å². The van der Waals surface area contributed by atoms with Crippen LogP contribution in [0.3, 0.4) is 0 Å². The Balaban J connectivity index is 1.66. The topological polar surface area (TPSA) is 63.6 Å². The summed E-state index contributed by atoms with van der Waals surface area (Å²) in [5.41, 5.74) is 4.57. The van der Waals surface area contributed by atoms with Crippen molar-refractivity contribution >= 4 is 55.6 Å². The van der Waals surface area contributed by atoms with Gasteiger partial charge in [0.05, 0.1) is 20.7 Å². The van der Waals surface area contributed by atoms with Crippen molar-refractivity contribution in [2.75, 3.05) is 0 Å². The maximum Gasteiger partial charge on any atom is 0.272 e. The molecule has 0 saturated heterocycles. The first-order valence-electron chi connectivity index (χ1n) is 8.13. The highest BCUT2D eigenvalue weighted by Crippen LogP contribution is 2.35. The van der Waals surface area contributed by atoms with Crippen molar-refractivity contribution in [2.45, 2.75) is 6.61 Å². The molecule has 5 nitrogen and oxygen atoms in total. The van der Waals surface area contributed by atoms with E-state index in [0.717, 1.165) is 20.1 Å². The summed E-state index contributed by atoms with van der Waals surface area (Å²) in [6.45, 7) is 0.339. The molecule has 0 radical (unpaired) electrons. The highest BCUT2D eigenvalue weighted by molar-refractivity contribution is 9.11. The summed E-state index contributed by atoms with van der Waals surface area (Å²) >= 11 is 13.2. The Labute approximate surface area is 184 Å². The van der Waals surface area contributed by atoms with Gasteiger partial charge in [0.25, 0.3) is 5.91 Å². The maximum atomic E-state index is 12.0. The molecule has 0 aliphatic heterocycles. The van der Waals surface area contributed by atoms with Gasteiger partial charge in [0.2, 0.25) is 0 Å². The number of hydrogen-bond acceptors (Lipinski definition) is 4. The van der Waals surface area contributed by atoms with Gasteiger partial charge < -0.3 is 4.74 Å². The molecule has 0 unspecified atom stereocenters. The molecule has 0 bridgehead atoms. The van der Waals surface area contributed by atoms with Crippen molar-refractivity contribution in [1.82, 2.24) is 10.4 Å². The van der Waals surface area contributed by atoms with Crippen LogP contribution in [0, 0.1) is 0 Å². The van der Waals surface area contributed by atoms with Crippen LogP contribution in [0.15, 0.2) is 75.0 Å². The van der Waals surface area contributed by atoms with Crippen LogP contribution in [-0.4, -0.2) is 17.1 Å². The summed E-state index contributed by atoms with van der Waals surface area (Å²) in [6.07, 6.45) is 4.62. The zero-order valence-corrected chi connectivity index (χ0v) is 18.3. The van der Waals surface area contributed by atoms with E-state index < -0.39 is 0 Å². The van der Waals surface area contributed by atoms with Crippen LogP contribution < -0.4 is 10.2 Å². The lowest BCUT2D eigenvalue weighted by atomic mass is 10.2. The lowest BCUT2D eigenvalue weighted by Crippen LogP contribution is -2.17. The third-order valence-electron chi connectivity index (χ3n) is 3.65. The van der Waals surface area contributed by atoms with Gasteiger partial charge in [0, 0.05) is 23.0 Å². The zero-order valence-electron chi connectivity index (χ0n) is 14.4. The first kappa shape index (κ1) is 20.5. The van der Waals surface area contributed by atoms with Gasteiger partial charge >= 0.3 is 0 Å². The van der Waals surface area contributed by atoms with Crippen LogP contribution in [0.25, 0.3) is 0 Å². The largest absolute Gasteiger partial charge is 0.486 e. The average molecular weight is 524 g/mol. The number of aromatic nitrogens is 1. The van der Waals surface area contributed by atoms with Crippen molar-refractivity contribution in [1.29, 1.82) is 0 Å². The summed E-state index contributed by atoms with van der Waals surface area (Å²) < 4.78 is 7.38. The third-order valence-corrected chi connectivity index (χ3v) is 5.20. The second-order valence-electron chi connectivity index (χ2n) is 5.63. The van der Waals surface area contributed by atoms with Crippen molar-refractivity contribution in [2.24, 2.45) is 5.10 Å². The number of rotatable bonds is 6. The second kappa shape index (κ2) is 9.82. The SMILES string of the molecule is O=C(N/N=C/c1cc(Br)c(OCc2ccccc2Cl)c(Br)c1)c1cccnc1. The van der Waals surface area contributed by atoms with Crippen molar-refractivity contribution < 1.29 is 9.53 Å². The van der Waals surface area contributed by atoms with Crippen molar-refractivity contribution in [3.63, 3.8) is 0 Å². The van der Waals surface area contributed by atoms with Gasteiger partial charge in [0.15, 0.2) is 0 Å². The molecule has 0 atom stereocenters. The minimum Gasteiger partial charge on any atom is -0.486 e. The summed E-state index contributed by atoms with van der Waals surface area (Å²) in [7, 11) is 0. The van der Waals surface area contributed by atoms with E-state index in [1.54, 1.807) is 24.5 Å². The van der Waals surface area contributed by atoms with Gasteiger partial charge in [-0.05, 0) is 67.8 Å². The Hall–Kier alpha value is -2.22. The van der Waals surface area contributed by atoms with Crippen molar-refractivity contribution in [3.05, 3.63) is 91.6 Å². The smallest absolute Gasteiger partial charge is 0.272 e. The number of carbonyl (C=O) groups excluding carboxylic acids is 1.